The number of rotatable bonds is 4. The molecule has 2 N–H and O–H groups in total. The number of aliphatic hydroxyl groups excluding tert-OH is 1. The van der Waals surface area contributed by atoms with E-state index in [1.54, 1.807) is 13.8 Å². The zero-order chi connectivity index (χ0) is 33.8. The molecule has 1 saturated heterocycles. The van der Waals surface area contributed by atoms with E-state index in [1.807, 2.05) is 6.08 Å². The van der Waals surface area contributed by atoms with E-state index in [0.717, 1.165) is 0 Å². The van der Waals surface area contributed by atoms with Crippen LogP contribution in [0.25, 0.3) is 0 Å². The highest BCUT2D eigenvalue weighted by atomic mass is 16.7. The van der Waals surface area contributed by atoms with Gasteiger partial charge in [0.05, 0.1) is 24.2 Å². The number of carbonyl (C=O) groups is 4. The van der Waals surface area contributed by atoms with Gasteiger partial charge in [-0.05, 0) is 80.1 Å². The third-order valence-corrected chi connectivity index (χ3v) is 13.7. The van der Waals surface area contributed by atoms with Gasteiger partial charge in [-0.1, -0.05) is 26.5 Å². The summed E-state index contributed by atoms with van der Waals surface area (Å²) in [5, 5.41) is 24.7. The fraction of sp³-hybridized carbons (Fsp3) is 0.771. The van der Waals surface area contributed by atoms with E-state index in [1.165, 1.54) is 27.0 Å². The molecule has 2 heterocycles. The lowest BCUT2D eigenvalue weighted by atomic mass is 9.37. The number of hydrogen-bond donors (Lipinski definition) is 2. The maximum atomic E-state index is 13.8. The van der Waals surface area contributed by atoms with Gasteiger partial charge in [0.1, 0.15) is 18.8 Å². The lowest BCUT2D eigenvalue weighted by Crippen LogP contribution is -2.72. The van der Waals surface area contributed by atoms with Crippen LogP contribution in [0.3, 0.4) is 0 Å². The van der Waals surface area contributed by atoms with Crippen molar-refractivity contribution in [1.82, 2.24) is 0 Å². The van der Waals surface area contributed by atoms with Crippen LogP contribution in [0.4, 0.5) is 0 Å². The Hall–Kier alpha value is -2.76. The maximum absolute atomic E-state index is 13.8. The molecule has 0 radical (unpaired) electrons. The first kappa shape index (κ1) is 33.2. The second-order valence-electron chi connectivity index (χ2n) is 15.6. The average molecular weight is 645 g/mol. The third-order valence-electron chi connectivity index (χ3n) is 13.7. The predicted octanol–water partition coefficient (Wildman–Crippen LogP) is 3.19. The van der Waals surface area contributed by atoms with Gasteiger partial charge in [-0.3, -0.25) is 9.59 Å². The molecule has 4 aliphatic carbocycles. The van der Waals surface area contributed by atoms with Crippen LogP contribution in [-0.4, -0.2) is 83.4 Å². The Morgan fingerprint density at radius 1 is 1.04 bits per heavy atom. The summed E-state index contributed by atoms with van der Waals surface area (Å²) in [5.41, 5.74) is -6.38. The van der Waals surface area contributed by atoms with E-state index in [4.69, 9.17) is 23.7 Å². The van der Waals surface area contributed by atoms with Crippen LogP contribution in [0.5, 0.6) is 0 Å². The molecule has 11 heteroatoms. The minimum absolute atomic E-state index is 0.0877. The Bertz CT molecular complexity index is 1400. The molecule has 3 unspecified atom stereocenters. The zero-order valence-corrected chi connectivity index (χ0v) is 27.9. The monoisotopic (exact) mass is 644 g/mol. The average Bonchev–Trinajstić information content (AvgIpc) is 3.76. The molecule has 0 aromatic heterocycles. The highest BCUT2D eigenvalue weighted by Gasteiger charge is 2.88. The molecule has 6 rings (SSSR count). The standard InChI is InChI=1S/C35H48O11/c1-18-15-34(41)25-11-13-30(5)23(12-14-33(19(2)36)17-43-26(39)10-9-24(30)33)31(25,6)16-22(44-20(3)37)28(45-21(4)38)32(34,7)35(27(18)46-35)29(40)42-8/h9-10,19,22-25,27-28,36,41H,1,11-17H2,2-8H3/t19?,22-,23?,24-,25?,27+,28-,30+,31+,32+,33-,34+,35-/m0/s1. The minimum atomic E-state index is -1.72. The van der Waals surface area contributed by atoms with Gasteiger partial charge < -0.3 is 33.9 Å². The number of ether oxygens (including phenoxy) is 5. The number of hydrogen-bond acceptors (Lipinski definition) is 11. The fourth-order valence-corrected chi connectivity index (χ4v) is 11.8. The number of aliphatic hydroxyl groups is 2. The summed E-state index contributed by atoms with van der Waals surface area (Å²) in [6.45, 7) is 14.6. The molecule has 2 aliphatic heterocycles. The summed E-state index contributed by atoms with van der Waals surface area (Å²) in [4.78, 5) is 51.8. The number of methoxy groups -OCH3 is 1. The van der Waals surface area contributed by atoms with Gasteiger partial charge in [0, 0.05) is 31.8 Å². The van der Waals surface area contributed by atoms with Crippen molar-refractivity contribution in [3.05, 3.63) is 24.3 Å². The first-order valence-electron chi connectivity index (χ1n) is 16.4. The van der Waals surface area contributed by atoms with E-state index < -0.39 is 87.1 Å². The van der Waals surface area contributed by atoms with Gasteiger partial charge in [-0.25, -0.2) is 9.59 Å². The first-order valence-corrected chi connectivity index (χ1v) is 16.4. The Labute approximate surface area is 270 Å². The van der Waals surface area contributed by atoms with Gasteiger partial charge in [0.2, 0.25) is 5.60 Å². The van der Waals surface area contributed by atoms with Crippen molar-refractivity contribution < 1.29 is 53.1 Å². The van der Waals surface area contributed by atoms with E-state index in [2.05, 4.69) is 20.4 Å². The van der Waals surface area contributed by atoms with E-state index in [-0.39, 0.29) is 31.3 Å². The number of esters is 4. The van der Waals surface area contributed by atoms with Crippen molar-refractivity contribution in [2.45, 2.75) is 116 Å². The molecule has 0 bridgehead atoms. The van der Waals surface area contributed by atoms with E-state index >= 15 is 0 Å². The molecule has 5 fully saturated rings. The fourth-order valence-electron chi connectivity index (χ4n) is 11.8. The molecule has 13 atom stereocenters. The van der Waals surface area contributed by atoms with Crippen LogP contribution in [-0.2, 0) is 42.9 Å². The van der Waals surface area contributed by atoms with Gasteiger partial charge in [0.25, 0.3) is 0 Å². The van der Waals surface area contributed by atoms with Crippen molar-refractivity contribution in [2.24, 2.45) is 39.4 Å². The molecule has 0 amide bonds. The van der Waals surface area contributed by atoms with Gasteiger partial charge >= 0.3 is 23.9 Å². The van der Waals surface area contributed by atoms with Crippen LogP contribution in [0, 0.1) is 39.4 Å². The summed E-state index contributed by atoms with van der Waals surface area (Å²) < 4.78 is 29.2. The van der Waals surface area contributed by atoms with Gasteiger partial charge in [-0.2, -0.15) is 0 Å². The number of allylic oxidation sites excluding steroid dienone is 1. The van der Waals surface area contributed by atoms with E-state index in [9.17, 15) is 29.4 Å². The highest BCUT2D eigenvalue weighted by molar-refractivity contribution is 5.87. The van der Waals surface area contributed by atoms with E-state index in [0.29, 0.717) is 31.3 Å². The number of fused-ring (bicyclic) bond motifs is 9. The van der Waals surface area contributed by atoms with Crippen LogP contribution >= 0.6 is 0 Å². The van der Waals surface area contributed by atoms with Crippen molar-refractivity contribution in [2.75, 3.05) is 13.7 Å². The van der Waals surface area contributed by atoms with Crippen molar-refractivity contribution in [1.29, 1.82) is 0 Å². The number of epoxide rings is 1. The van der Waals surface area contributed by atoms with Crippen LogP contribution in [0.2, 0.25) is 0 Å². The quantitative estimate of drug-likeness (QED) is 0.200. The maximum Gasteiger partial charge on any atom is 0.342 e. The molecule has 254 valence electrons. The molecular weight excluding hydrogens is 596 g/mol. The van der Waals surface area contributed by atoms with Crippen LogP contribution in [0.1, 0.15) is 80.1 Å². The smallest absolute Gasteiger partial charge is 0.342 e. The SMILES string of the molecule is C=C1C[C@@]2(O)C3CC[C@]4(C)C(CC[C@@]5(C(C)O)COC(=O)C=C[C@H]54)[C@@]3(C)C[C@H](OC(C)=O)[C@H](OC(C)=O)[C@@]2(C)[C@]2(C(=O)OC)O[C@H]12. The van der Waals surface area contributed by atoms with Crippen molar-refractivity contribution in [3.63, 3.8) is 0 Å². The topological polar surface area (TPSA) is 158 Å². The molecule has 46 heavy (non-hydrogen) atoms. The lowest BCUT2D eigenvalue weighted by Gasteiger charge is -2.67. The summed E-state index contributed by atoms with van der Waals surface area (Å²) in [5.74, 6) is -3.21. The minimum Gasteiger partial charge on any atom is -0.467 e. The van der Waals surface area contributed by atoms with Crippen LogP contribution in [0.15, 0.2) is 24.3 Å². The molecule has 0 aromatic rings. The summed E-state index contributed by atoms with van der Waals surface area (Å²) in [6.07, 6.45) is 2.18. The Balaban J connectivity index is 1.58. The summed E-state index contributed by atoms with van der Waals surface area (Å²) >= 11 is 0. The van der Waals surface area contributed by atoms with Crippen molar-refractivity contribution >= 4 is 23.9 Å². The van der Waals surface area contributed by atoms with Crippen molar-refractivity contribution in [3.8, 4) is 0 Å². The third kappa shape index (κ3) is 4.00. The Kier molecular flexibility index (Phi) is 7.47. The molecular formula is C35H48O11. The summed E-state index contributed by atoms with van der Waals surface area (Å²) in [7, 11) is 1.25. The molecule has 6 aliphatic rings. The number of carbonyl (C=O) groups excluding carboxylic acids is 4. The lowest BCUT2D eigenvalue weighted by molar-refractivity contribution is -0.252. The molecule has 0 aromatic carbocycles. The molecule has 4 saturated carbocycles. The number of cyclic esters (lactones) is 1. The highest BCUT2D eigenvalue weighted by Crippen LogP contribution is 2.76. The second kappa shape index (κ2) is 10.4. The zero-order valence-electron chi connectivity index (χ0n) is 27.9. The normalized spacial score (nSPS) is 49.6. The summed E-state index contributed by atoms with van der Waals surface area (Å²) in [6, 6.07) is 0. The largest absolute Gasteiger partial charge is 0.467 e. The van der Waals surface area contributed by atoms with Crippen LogP contribution < -0.4 is 0 Å². The second-order valence-corrected chi connectivity index (χ2v) is 15.6. The Morgan fingerprint density at radius 3 is 2.30 bits per heavy atom. The molecule has 0 spiro atoms. The predicted molar refractivity (Wildman–Crippen MR) is 162 cm³/mol. The van der Waals surface area contributed by atoms with Gasteiger partial charge in [0.15, 0.2) is 6.10 Å². The first-order chi connectivity index (χ1) is 21.4. The molecule has 11 nitrogen and oxygen atoms in total. The van der Waals surface area contributed by atoms with Gasteiger partial charge in [-0.15, -0.1) is 0 Å². The Morgan fingerprint density at radius 2 is 1.70 bits per heavy atom.